The molecule has 0 aliphatic carbocycles. The molecular formula is C21H24N2O4S2. The number of rotatable bonds is 6. The van der Waals surface area contributed by atoms with Gasteiger partial charge in [0.2, 0.25) is 5.91 Å². The van der Waals surface area contributed by atoms with Crippen molar-refractivity contribution >= 4 is 40.3 Å². The Balaban J connectivity index is 1.68. The maximum absolute atomic E-state index is 11.8. The Kier molecular flexibility index (Phi) is 6.33. The number of carboxylic acid groups (broad SMARTS) is 1. The van der Waals surface area contributed by atoms with Gasteiger partial charge in [-0.2, -0.15) is 0 Å². The Hall–Kier alpha value is -2.32. The molecule has 8 heteroatoms. The lowest BCUT2D eigenvalue weighted by molar-refractivity contribution is -0.118. The van der Waals surface area contributed by atoms with E-state index in [1.165, 1.54) is 4.90 Å². The molecule has 29 heavy (non-hydrogen) atoms. The van der Waals surface area contributed by atoms with Crippen molar-refractivity contribution in [3.63, 3.8) is 0 Å². The first-order valence-corrected chi connectivity index (χ1v) is 11.0. The number of nitrogens with one attached hydrogen (secondary N) is 1. The molecule has 1 aliphatic heterocycles. The molecule has 1 aliphatic rings. The van der Waals surface area contributed by atoms with Gasteiger partial charge < -0.3 is 10.0 Å². The van der Waals surface area contributed by atoms with E-state index in [0.29, 0.717) is 19.4 Å². The van der Waals surface area contributed by atoms with Crippen LogP contribution in [0, 0.1) is 0 Å². The van der Waals surface area contributed by atoms with Crippen LogP contribution in [0.5, 0.6) is 0 Å². The molecule has 0 saturated carbocycles. The Morgan fingerprint density at radius 3 is 2.59 bits per heavy atom. The lowest BCUT2D eigenvalue weighted by atomic mass is 10.0. The molecule has 6 nitrogen and oxygen atoms in total. The number of benzene rings is 1. The minimum Gasteiger partial charge on any atom is -0.465 e. The zero-order valence-corrected chi connectivity index (χ0v) is 18.2. The highest BCUT2D eigenvalue weighted by Crippen LogP contribution is 2.32. The Morgan fingerprint density at radius 2 is 1.97 bits per heavy atom. The minimum absolute atomic E-state index is 0.223. The molecule has 2 N–H and O–H groups in total. The maximum Gasteiger partial charge on any atom is 0.407 e. The smallest absolute Gasteiger partial charge is 0.407 e. The number of amides is 3. The molecule has 1 fully saturated rings. The normalized spacial score (nSPS) is 16.7. The van der Waals surface area contributed by atoms with E-state index < -0.39 is 11.6 Å². The highest BCUT2D eigenvalue weighted by Gasteiger charge is 2.32. The maximum atomic E-state index is 11.8. The van der Waals surface area contributed by atoms with E-state index in [2.05, 4.69) is 11.4 Å². The molecule has 2 aromatic rings. The van der Waals surface area contributed by atoms with Crippen molar-refractivity contribution in [1.82, 2.24) is 10.2 Å². The number of thiophene rings is 1. The summed E-state index contributed by atoms with van der Waals surface area (Å²) in [5.41, 5.74) is 1.69. The molecule has 2 heterocycles. The molecule has 1 unspecified atom stereocenters. The Morgan fingerprint density at radius 1 is 1.21 bits per heavy atom. The minimum atomic E-state index is -0.913. The number of carbonyl (C=O) groups is 3. The zero-order valence-electron chi connectivity index (χ0n) is 16.6. The van der Waals surface area contributed by atoms with Crippen LogP contribution in [0.4, 0.5) is 9.59 Å². The van der Waals surface area contributed by atoms with Crippen LogP contribution in [-0.4, -0.2) is 44.6 Å². The third kappa shape index (κ3) is 5.39. The second kappa shape index (κ2) is 8.59. The van der Waals surface area contributed by atoms with Crippen LogP contribution in [0.1, 0.15) is 31.2 Å². The molecular weight excluding hydrogens is 408 g/mol. The standard InChI is InChI=1S/C21H24N2O4S2/c1-21(2,3)23(20(26)27)10-9-13-5-4-6-14(11-13)16-8-7-15(28-16)12-17-18(24)22-19(25)29-17/h4-8,11,17H,9-10,12H2,1-3H3,(H,26,27)(H,22,24,25). The molecule has 1 saturated heterocycles. The quantitative estimate of drug-likeness (QED) is 0.695. The molecule has 0 spiro atoms. The number of hydrogen-bond acceptors (Lipinski definition) is 5. The van der Waals surface area contributed by atoms with Crippen LogP contribution in [0.15, 0.2) is 36.4 Å². The molecule has 3 rings (SSSR count). The van der Waals surface area contributed by atoms with E-state index in [-0.39, 0.29) is 16.4 Å². The third-order valence-corrected chi connectivity index (χ3v) is 6.83. The fourth-order valence-electron chi connectivity index (χ4n) is 3.19. The molecule has 3 amide bonds. The SMILES string of the molecule is CC(C)(C)N(CCc1cccc(-c2ccc(CC3SC(=O)NC3=O)s2)c1)C(=O)O. The van der Waals surface area contributed by atoms with Gasteiger partial charge in [0.15, 0.2) is 0 Å². The van der Waals surface area contributed by atoms with Crippen molar-refractivity contribution in [1.29, 1.82) is 0 Å². The van der Waals surface area contributed by atoms with Crippen molar-refractivity contribution in [2.45, 2.75) is 44.4 Å². The van der Waals surface area contributed by atoms with Gasteiger partial charge >= 0.3 is 6.09 Å². The van der Waals surface area contributed by atoms with Crippen molar-refractivity contribution in [2.75, 3.05) is 6.54 Å². The van der Waals surface area contributed by atoms with Gasteiger partial charge in [-0.1, -0.05) is 36.0 Å². The molecule has 0 bridgehead atoms. The molecule has 0 radical (unpaired) electrons. The fraction of sp³-hybridized carbons (Fsp3) is 0.381. The first-order chi connectivity index (χ1) is 13.6. The van der Waals surface area contributed by atoms with Crippen LogP contribution < -0.4 is 5.32 Å². The van der Waals surface area contributed by atoms with Gasteiger partial charge in [-0.15, -0.1) is 11.3 Å². The van der Waals surface area contributed by atoms with Gasteiger partial charge in [-0.3, -0.25) is 14.9 Å². The molecule has 154 valence electrons. The van der Waals surface area contributed by atoms with Gasteiger partial charge in [-0.25, -0.2) is 4.79 Å². The summed E-state index contributed by atoms with van der Waals surface area (Å²) in [5, 5.41) is 11.1. The van der Waals surface area contributed by atoms with E-state index in [9.17, 15) is 19.5 Å². The summed E-state index contributed by atoms with van der Waals surface area (Å²) in [7, 11) is 0. The fourth-order valence-corrected chi connectivity index (χ4v) is 5.19. The zero-order chi connectivity index (χ0) is 21.2. The van der Waals surface area contributed by atoms with Crippen LogP contribution in [0.25, 0.3) is 10.4 Å². The van der Waals surface area contributed by atoms with Gasteiger partial charge in [0, 0.05) is 28.3 Å². The lowest BCUT2D eigenvalue weighted by Crippen LogP contribution is -2.45. The van der Waals surface area contributed by atoms with E-state index in [1.54, 1.807) is 11.3 Å². The largest absolute Gasteiger partial charge is 0.465 e. The highest BCUT2D eigenvalue weighted by molar-refractivity contribution is 8.15. The second-order valence-corrected chi connectivity index (χ2v) is 10.3. The Bertz CT molecular complexity index is 933. The summed E-state index contributed by atoms with van der Waals surface area (Å²) in [5.74, 6) is -0.223. The predicted molar refractivity (Wildman–Crippen MR) is 117 cm³/mol. The number of imide groups is 1. The predicted octanol–water partition coefficient (Wildman–Crippen LogP) is 4.63. The number of nitrogens with zero attached hydrogens (tertiary/aromatic N) is 1. The van der Waals surface area contributed by atoms with Crippen molar-refractivity contribution in [2.24, 2.45) is 0 Å². The first-order valence-electron chi connectivity index (χ1n) is 9.33. The third-order valence-electron chi connectivity index (χ3n) is 4.69. The van der Waals surface area contributed by atoms with E-state index in [0.717, 1.165) is 32.6 Å². The molecule has 1 aromatic carbocycles. The van der Waals surface area contributed by atoms with Crippen LogP contribution in [0.3, 0.4) is 0 Å². The van der Waals surface area contributed by atoms with E-state index >= 15 is 0 Å². The summed E-state index contributed by atoms with van der Waals surface area (Å²) >= 11 is 2.65. The van der Waals surface area contributed by atoms with E-state index in [1.807, 2.05) is 51.1 Å². The summed E-state index contributed by atoms with van der Waals surface area (Å²) in [4.78, 5) is 38.2. The topological polar surface area (TPSA) is 86.7 Å². The van der Waals surface area contributed by atoms with Gasteiger partial charge in [0.05, 0.1) is 5.25 Å². The van der Waals surface area contributed by atoms with Crippen molar-refractivity contribution < 1.29 is 19.5 Å². The van der Waals surface area contributed by atoms with Crippen LogP contribution in [0.2, 0.25) is 0 Å². The first kappa shape index (κ1) is 21.4. The van der Waals surface area contributed by atoms with Gasteiger partial charge in [-0.05, 0) is 50.5 Å². The average molecular weight is 433 g/mol. The monoisotopic (exact) mass is 432 g/mol. The molecule has 1 aromatic heterocycles. The number of thioether (sulfide) groups is 1. The summed E-state index contributed by atoms with van der Waals surface area (Å²) in [6, 6.07) is 12.1. The van der Waals surface area contributed by atoms with Crippen molar-refractivity contribution in [3.8, 4) is 10.4 Å². The van der Waals surface area contributed by atoms with Gasteiger partial charge in [0.1, 0.15) is 0 Å². The Labute approximate surface area is 178 Å². The van der Waals surface area contributed by atoms with Crippen LogP contribution >= 0.6 is 23.1 Å². The van der Waals surface area contributed by atoms with Gasteiger partial charge in [0.25, 0.3) is 5.24 Å². The average Bonchev–Trinajstić information content (AvgIpc) is 3.20. The second-order valence-electron chi connectivity index (χ2n) is 7.91. The summed E-state index contributed by atoms with van der Waals surface area (Å²) in [6.45, 7) is 6.10. The van der Waals surface area contributed by atoms with Crippen LogP contribution in [-0.2, 0) is 17.6 Å². The highest BCUT2D eigenvalue weighted by atomic mass is 32.2. The summed E-state index contributed by atoms with van der Waals surface area (Å²) < 4.78 is 0. The molecule has 1 atom stereocenters. The van der Waals surface area contributed by atoms with E-state index in [4.69, 9.17) is 0 Å². The lowest BCUT2D eigenvalue weighted by Gasteiger charge is -2.33. The van der Waals surface area contributed by atoms with Crippen molar-refractivity contribution in [3.05, 3.63) is 46.8 Å². The summed E-state index contributed by atoms with van der Waals surface area (Å²) in [6.07, 6.45) is 0.256. The number of hydrogen-bond donors (Lipinski definition) is 2. The number of carbonyl (C=O) groups excluding carboxylic acids is 2.